The van der Waals surface area contributed by atoms with E-state index >= 15 is 0 Å². The first kappa shape index (κ1) is 25.4. The maximum Gasteiger partial charge on any atom is 0.163 e. The Morgan fingerprint density at radius 2 is 1.25 bits per heavy atom. The van der Waals surface area contributed by atoms with Crippen LogP contribution >= 0.6 is 0 Å². The van der Waals surface area contributed by atoms with Crippen LogP contribution in [0.25, 0.3) is 0 Å². The molecule has 3 aliphatic rings. The molecule has 3 rings (SSSR count). The molecular formula is C30H48O2. The van der Waals surface area contributed by atoms with Crippen molar-refractivity contribution < 1.29 is 9.59 Å². The van der Waals surface area contributed by atoms with E-state index in [-0.39, 0.29) is 11.3 Å². The molecule has 0 aliphatic heterocycles. The van der Waals surface area contributed by atoms with Gasteiger partial charge in [-0.05, 0) is 37.7 Å². The van der Waals surface area contributed by atoms with Gasteiger partial charge < -0.3 is 0 Å². The Morgan fingerprint density at radius 1 is 0.688 bits per heavy atom. The summed E-state index contributed by atoms with van der Waals surface area (Å²) in [5.41, 5.74) is -0.161. The van der Waals surface area contributed by atoms with Gasteiger partial charge in [0.05, 0.1) is 10.8 Å². The topological polar surface area (TPSA) is 34.1 Å². The highest BCUT2D eigenvalue weighted by molar-refractivity contribution is 6.13. The zero-order valence-electron chi connectivity index (χ0n) is 21.4. The third-order valence-corrected chi connectivity index (χ3v) is 8.98. The van der Waals surface area contributed by atoms with Gasteiger partial charge in [-0.2, -0.15) is 0 Å². The van der Waals surface area contributed by atoms with Crippen LogP contribution in [0.2, 0.25) is 0 Å². The fourth-order valence-corrected chi connectivity index (χ4v) is 7.38. The Bertz CT molecular complexity index is 731. The molecule has 2 heteroatoms. The molecule has 4 unspecified atom stereocenters. The van der Waals surface area contributed by atoms with E-state index in [9.17, 15) is 9.59 Å². The molecule has 2 nitrogen and oxygen atoms in total. The molecule has 4 atom stereocenters. The van der Waals surface area contributed by atoms with Crippen molar-refractivity contribution in [1.82, 2.24) is 0 Å². The van der Waals surface area contributed by atoms with Crippen LogP contribution in [0.3, 0.4) is 0 Å². The van der Waals surface area contributed by atoms with Gasteiger partial charge in [-0.3, -0.25) is 9.59 Å². The molecule has 1 fully saturated rings. The summed E-state index contributed by atoms with van der Waals surface area (Å²) in [4.78, 5) is 28.3. The van der Waals surface area contributed by atoms with Crippen LogP contribution in [-0.2, 0) is 9.59 Å². The predicted octanol–water partition coefficient (Wildman–Crippen LogP) is 8.54. The van der Waals surface area contributed by atoms with E-state index in [1.165, 1.54) is 38.5 Å². The lowest BCUT2D eigenvalue weighted by Gasteiger charge is -2.44. The van der Waals surface area contributed by atoms with Gasteiger partial charge in [-0.1, -0.05) is 117 Å². The van der Waals surface area contributed by atoms with Crippen LogP contribution in [0.5, 0.6) is 0 Å². The van der Waals surface area contributed by atoms with Crippen LogP contribution in [0.4, 0.5) is 0 Å². The molecule has 0 N–H and O–H groups in total. The second-order valence-electron chi connectivity index (χ2n) is 11.0. The molecule has 3 aliphatic carbocycles. The number of ketones is 2. The molecule has 0 aromatic carbocycles. The molecule has 0 aromatic heterocycles. The Kier molecular flexibility index (Phi) is 8.61. The van der Waals surface area contributed by atoms with E-state index in [1.54, 1.807) is 0 Å². The summed E-state index contributed by atoms with van der Waals surface area (Å²) >= 11 is 0. The normalized spacial score (nSPS) is 32.8. The minimum Gasteiger partial charge on any atom is -0.298 e. The molecule has 0 saturated heterocycles. The van der Waals surface area contributed by atoms with E-state index in [4.69, 9.17) is 0 Å². The minimum atomic E-state index is -0.534. The summed E-state index contributed by atoms with van der Waals surface area (Å²) in [6.45, 7) is 8.92. The zero-order valence-corrected chi connectivity index (χ0v) is 21.4. The van der Waals surface area contributed by atoms with Crippen molar-refractivity contribution in [3.8, 4) is 0 Å². The lowest BCUT2D eigenvalue weighted by atomic mass is 9.56. The van der Waals surface area contributed by atoms with Crippen molar-refractivity contribution in [3.63, 3.8) is 0 Å². The highest BCUT2D eigenvalue weighted by Gasteiger charge is 2.77. The lowest BCUT2D eigenvalue weighted by molar-refractivity contribution is -0.132. The summed E-state index contributed by atoms with van der Waals surface area (Å²) in [5, 5.41) is 0. The molecule has 2 bridgehead atoms. The summed E-state index contributed by atoms with van der Waals surface area (Å²) in [6, 6.07) is 0. The van der Waals surface area contributed by atoms with Crippen molar-refractivity contribution in [2.24, 2.45) is 22.2 Å². The van der Waals surface area contributed by atoms with Crippen LogP contribution < -0.4 is 0 Å². The van der Waals surface area contributed by atoms with Gasteiger partial charge in [-0.15, -0.1) is 0 Å². The Morgan fingerprint density at radius 3 is 1.88 bits per heavy atom. The lowest BCUT2D eigenvalue weighted by Crippen LogP contribution is -2.43. The van der Waals surface area contributed by atoms with Gasteiger partial charge in [-0.25, -0.2) is 0 Å². The summed E-state index contributed by atoms with van der Waals surface area (Å²) in [6.07, 6.45) is 24.4. The number of hydrogen-bond donors (Lipinski definition) is 0. The third-order valence-electron chi connectivity index (χ3n) is 8.98. The number of fused-ring (bicyclic) bond motifs is 5. The number of unbranched alkanes of at least 4 members (excludes halogenated alkanes) is 8. The van der Waals surface area contributed by atoms with Crippen LogP contribution in [0, 0.1) is 22.2 Å². The monoisotopic (exact) mass is 440 g/mol. The van der Waals surface area contributed by atoms with Crippen LogP contribution in [-0.4, -0.2) is 11.6 Å². The maximum absolute atomic E-state index is 14.3. The molecule has 1 saturated carbocycles. The van der Waals surface area contributed by atoms with Gasteiger partial charge in [0, 0.05) is 11.3 Å². The Hall–Kier alpha value is -1.18. The van der Waals surface area contributed by atoms with Crippen molar-refractivity contribution in [2.45, 2.75) is 130 Å². The Labute approximate surface area is 197 Å². The van der Waals surface area contributed by atoms with Gasteiger partial charge in [0.2, 0.25) is 0 Å². The number of allylic oxidation sites excluding steroid dienone is 4. The van der Waals surface area contributed by atoms with E-state index in [0.717, 1.165) is 69.8 Å². The molecule has 0 amide bonds. The molecule has 0 radical (unpaired) electrons. The largest absolute Gasteiger partial charge is 0.298 e. The van der Waals surface area contributed by atoms with Gasteiger partial charge in [0.15, 0.2) is 11.6 Å². The Balaban J connectivity index is 2.05. The standard InChI is InChI=1S/C30H48O2/c1-5-9-13-17-24-23-30(20-16-12-8-4)26(25(24)31)28(18-14-10-6-2)21-22-29(30,27(28)32)19-15-11-7-3/h21-23,26H,5-20H2,1-4H3. The van der Waals surface area contributed by atoms with Crippen molar-refractivity contribution >= 4 is 11.6 Å². The number of carbonyl (C=O) groups excluding carboxylic acids is 2. The second-order valence-corrected chi connectivity index (χ2v) is 11.0. The molecular weight excluding hydrogens is 392 g/mol. The average Bonchev–Trinajstić information content (AvgIpc) is 3.29. The van der Waals surface area contributed by atoms with E-state index in [2.05, 4.69) is 45.9 Å². The van der Waals surface area contributed by atoms with Crippen LogP contribution in [0.1, 0.15) is 130 Å². The first-order valence-electron chi connectivity index (χ1n) is 14.0. The summed E-state index contributed by atoms with van der Waals surface area (Å²) in [7, 11) is 0. The fourth-order valence-electron chi connectivity index (χ4n) is 7.38. The predicted molar refractivity (Wildman–Crippen MR) is 135 cm³/mol. The molecule has 0 spiro atoms. The zero-order chi connectivity index (χ0) is 23.2. The highest BCUT2D eigenvalue weighted by Crippen LogP contribution is 2.75. The number of carbonyl (C=O) groups is 2. The third kappa shape index (κ3) is 3.98. The molecule has 180 valence electrons. The first-order chi connectivity index (χ1) is 15.5. The summed E-state index contributed by atoms with van der Waals surface area (Å²) < 4.78 is 0. The quantitative estimate of drug-likeness (QED) is 0.178. The van der Waals surface area contributed by atoms with E-state index < -0.39 is 10.8 Å². The molecule has 0 heterocycles. The molecule has 0 aromatic rings. The first-order valence-corrected chi connectivity index (χ1v) is 14.0. The smallest absolute Gasteiger partial charge is 0.163 e. The summed E-state index contributed by atoms with van der Waals surface area (Å²) in [5.74, 6) is 0.625. The van der Waals surface area contributed by atoms with Crippen molar-refractivity contribution in [3.05, 3.63) is 23.8 Å². The minimum absolute atomic E-state index is 0.125. The SMILES string of the molecule is CCCCCC1=CC2(CCCCC)C(C1=O)C1(CCCCC)C=CC2(CCCCC)C1=O. The van der Waals surface area contributed by atoms with Crippen molar-refractivity contribution in [2.75, 3.05) is 0 Å². The van der Waals surface area contributed by atoms with Crippen molar-refractivity contribution in [1.29, 1.82) is 0 Å². The average molecular weight is 441 g/mol. The van der Waals surface area contributed by atoms with Gasteiger partial charge in [0.1, 0.15) is 0 Å². The van der Waals surface area contributed by atoms with E-state index in [1.807, 2.05) is 0 Å². The number of hydrogen-bond acceptors (Lipinski definition) is 2. The maximum atomic E-state index is 14.3. The highest BCUT2D eigenvalue weighted by atomic mass is 16.1. The van der Waals surface area contributed by atoms with Gasteiger partial charge in [0.25, 0.3) is 0 Å². The fraction of sp³-hybridized carbons (Fsp3) is 0.800. The number of rotatable bonds is 16. The molecule has 32 heavy (non-hydrogen) atoms. The van der Waals surface area contributed by atoms with Crippen LogP contribution in [0.15, 0.2) is 23.8 Å². The van der Waals surface area contributed by atoms with E-state index in [0.29, 0.717) is 11.6 Å². The second kappa shape index (κ2) is 10.8. The number of Topliss-reactive ketones (excluding diaryl/α,β-unsaturated/α-hetero) is 2. The van der Waals surface area contributed by atoms with Gasteiger partial charge >= 0.3 is 0 Å².